The zero-order chi connectivity index (χ0) is 14.8. The van der Waals surface area contributed by atoms with Gasteiger partial charge in [-0.25, -0.2) is 9.59 Å². The van der Waals surface area contributed by atoms with Crippen LogP contribution in [0, 0.1) is 0 Å². The molecule has 1 unspecified atom stereocenters. The summed E-state index contributed by atoms with van der Waals surface area (Å²) in [6, 6.07) is 0.0647. The van der Waals surface area contributed by atoms with E-state index in [4.69, 9.17) is 4.74 Å². The second-order valence-electron chi connectivity index (χ2n) is 5.78. The minimum Gasteiger partial charge on any atom is -0.480 e. The minimum absolute atomic E-state index is 0.279. The van der Waals surface area contributed by atoms with Gasteiger partial charge in [0.15, 0.2) is 0 Å². The largest absolute Gasteiger partial charge is 0.480 e. The molecule has 0 radical (unpaired) electrons. The summed E-state index contributed by atoms with van der Waals surface area (Å²) < 4.78 is 5.20. The van der Waals surface area contributed by atoms with E-state index in [1.807, 2.05) is 14.1 Å². The maximum Gasteiger partial charge on any atom is 0.329 e. The van der Waals surface area contributed by atoms with Crippen molar-refractivity contribution in [1.29, 1.82) is 0 Å². The van der Waals surface area contributed by atoms with Gasteiger partial charge < -0.3 is 25.0 Å². The normalized spacial score (nSPS) is 25.8. The number of likely N-dealkylation sites (N-methyl/N-ethyl adjacent to an activating group) is 1. The van der Waals surface area contributed by atoms with Crippen molar-refractivity contribution in [3.63, 3.8) is 0 Å². The number of urea groups is 1. The third-order valence-corrected chi connectivity index (χ3v) is 4.28. The molecule has 114 valence electrons. The molecule has 7 heteroatoms. The second kappa shape index (κ2) is 5.97. The molecule has 0 spiro atoms. The molecular formula is C13H23N3O4. The first-order valence-electron chi connectivity index (χ1n) is 6.99. The van der Waals surface area contributed by atoms with Crippen LogP contribution in [-0.4, -0.2) is 78.9 Å². The van der Waals surface area contributed by atoms with E-state index in [1.54, 1.807) is 4.90 Å². The predicted octanol–water partition coefficient (Wildman–Crippen LogP) is -0.0343. The molecular weight excluding hydrogens is 262 g/mol. The van der Waals surface area contributed by atoms with Crippen molar-refractivity contribution < 1.29 is 19.4 Å². The van der Waals surface area contributed by atoms with Gasteiger partial charge in [0, 0.05) is 45.2 Å². The van der Waals surface area contributed by atoms with Crippen LogP contribution < -0.4 is 5.32 Å². The van der Waals surface area contributed by atoms with Gasteiger partial charge >= 0.3 is 12.0 Å². The fourth-order valence-corrected chi connectivity index (χ4v) is 2.74. The Morgan fingerprint density at radius 3 is 2.50 bits per heavy atom. The van der Waals surface area contributed by atoms with E-state index in [1.165, 1.54) is 0 Å². The molecule has 2 rings (SSSR count). The molecule has 7 nitrogen and oxygen atoms in total. The van der Waals surface area contributed by atoms with Crippen LogP contribution in [0.4, 0.5) is 4.79 Å². The van der Waals surface area contributed by atoms with Crippen LogP contribution in [0.2, 0.25) is 0 Å². The monoisotopic (exact) mass is 285 g/mol. The summed E-state index contributed by atoms with van der Waals surface area (Å²) in [5, 5.41) is 12.1. The first kappa shape index (κ1) is 15.1. The Hall–Kier alpha value is -1.34. The third kappa shape index (κ3) is 3.04. The first-order valence-corrected chi connectivity index (χ1v) is 6.99. The average molecular weight is 285 g/mol. The number of aliphatic carboxylic acids is 1. The molecule has 2 saturated heterocycles. The van der Waals surface area contributed by atoms with E-state index in [9.17, 15) is 14.7 Å². The highest BCUT2D eigenvalue weighted by Gasteiger charge is 2.43. The highest BCUT2D eigenvalue weighted by Crippen LogP contribution is 2.22. The summed E-state index contributed by atoms with van der Waals surface area (Å²) in [7, 11) is 3.98. The van der Waals surface area contributed by atoms with Gasteiger partial charge in [-0.3, -0.25) is 0 Å². The van der Waals surface area contributed by atoms with Crippen molar-refractivity contribution in [2.75, 3.05) is 40.4 Å². The average Bonchev–Trinajstić information content (AvgIpc) is 2.89. The molecule has 0 aromatic rings. The lowest BCUT2D eigenvalue weighted by Gasteiger charge is -2.35. The number of hydrogen-bond acceptors (Lipinski definition) is 4. The minimum atomic E-state index is -1.18. The van der Waals surface area contributed by atoms with Gasteiger partial charge in [-0.05, 0) is 20.5 Å². The number of carbonyl (C=O) groups is 2. The lowest BCUT2D eigenvalue weighted by molar-refractivity contribution is -0.148. The summed E-state index contributed by atoms with van der Waals surface area (Å²) in [5.41, 5.74) is -1.18. The molecule has 0 bridgehead atoms. The van der Waals surface area contributed by atoms with Crippen molar-refractivity contribution in [2.45, 2.75) is 30.8 Å². The number of carbonyl (C=O) groups excluding carboxylic acids is 1. The highest BCUT2D eigenvalue weighted by atomic mass is 16.5. The van der Waals surface area contributed by atoms with Gasteiger partial charge in [0.2, 0.25) is 0 Å². The molecule has 0 aliphatic carbocycles. The molecule has 2 N–H and O–H groups in total. The number of amides is 2. The van der Waals surface area contributed by atoms with Crippen molar-refractivity contribution >= 4 is 12.0 Å². The Kier molecular flexibility index (Phi) is 4.49. The smallest absolute Gasteiger partial charge is 0.329 e. The summed E-state index contributed by atoms with van der Waals surface area (Å²) in [6.07, 6.45) is 1.56. The fraction of sp³-hybridized carbons (Fsp3) is 0.846. The molecule has 2 aliphatic rings. The van der Waals surface area contributed by atoms with E-state index in [2.05, 4.69) is 10.2 Å². The van der Waals surface area contributed by atoms with Gasteiger partial charge in [0.05, 0.1) is 0 Å². The summed E-state index contributed by atoms with van der Waals surface area (Å²) in [6.45, 7) is 2.05. The number of nitrogens with one attached hydrogen (secondary N) is 1. The van der Waals surface area contributed by atoms with E-state index < -0.39 is 11.5 Å². The molecule has 2 aliphatic heterocycles. The van der Waals surface area contributed by atoms with Crippen molar-refractivity contribution in [1.82, 2.24) is 15.1 Å². The van der Waals surface area contributed by atoms with Gasteiger partial charge in [-0.1, -0.05) is 0 Å². The quantitative estimate of drug-likeness (QED) is 0.761. The Morgan fingerprint density at radius 2 is 2.00 bits per heavy atom. The molecule has 2 fully saturated rings. The van der Waals surface area contributed by atoms with Crippen LogP contribution in [0.1, 0.15) is 19.3 Å². The second-order valence-corrected chi connectivity index (χ2v) is 5.78. The number of carboxylic acid groups (broad SMARTS) is 1. The van der Waals surface area contributed by atoms with Gasteiger partial charge in [0.25, 0.3) is 0 Å². The number of carboxylic acids is 1. The van der Waals surface area contributed by atoms with Crippen molar-refractivity contribution in [3.05, 3.63) is 0 Å². The molecule has 0 saturated carbocycles. The number of nitrogens with zero attached hydrogens (tertiary/aromatic N) is 2. The number of hydrogen-bond donors (Lipinski definition) is 2. The van der Waals surface area contributed by atoms with Gasteiger partial charge in [-0.15, -0.1) is 0 Å². The Balaban J connectivity index is 1.97. The Bertz CT molecular complexity index is 380. The predicted molar refractivity (Wildman–Crippen MR) is 72.6 cm³/mol. The summed E-state index contributed by atoms with van der Waals surface area (Å²) in [5.74, 6) is -0.975. The molecule has 0 aromatic carbocycles. The maximum atomic E-state index is 12.3. The third-order valence-electron chi connectivity index (χ3n) is 4.28. The Labute approximate surface area is 118 Å². The van der Waals surface area contributed by atoms with Crippen molar-refractivity contribution in [2.24, 2.45) is 0 Å². The molecule has 1 atom stereocenters. The van der Waals surface area contributed by atoms with E-state index in [-0.39, 0.29) is 6.03 Å². The molecule has 20 heavy (non-hydrogen) atoms. The number of ether oxygens (including phenoxy) is 1. The number of likely N-dealkylation sites (tertiary alicyclic amines) is 1. The van der Waals surface area contributed by atoms with Crippen LogP contribution >= 0.6 is 0 Å². The standard InChI is InChI=1S/C13H23N3O4/c1-15(2)10-3-6-16(9-10)12(19)14-13(11(17)18)4-7-20-8-5-13/h10H,3-9H2,1-2H3,(H,14,19)(H,17,18). The van der Waals surface area contributed by atoms with Crippen LogP contribution in [0.5, 0.6) is 0 Å². The maximum absolute atomic E-state index is 12.3. The van der Waals surface area contributed by atoms with Crippen molar-refractivity contribution in [3.8, 4) is 0 Å². The van der Waals surface area contributed by atoms with E-state index >= 15 is 0 Å². The SMILES string of the molecule is CN(C)C1CCN(C(=O)NC2(C(=O)O)CCOCC2)C1. The van der Waals surface area contributed by atoms with Crippen LogP contribution in [0.25, 0.3) is 0 Å². The lowest BCUT2D eigenvalue weighted by Crippen LogP contribution is -2.60. The molecule has 0 aromatic heterocycles. The fourth-order valence-electron chi connectivity index (χ4n) is 2.74. The summed E-state index contributed by atoms with van der Waals surface area (Å²) in [4.78, 5) is 27.6. The topological polar surface area (TPSA) is 82.1 Å². The van der Waals surface area contributed by atoms with Gasteiger partial charge in [0.1, 0.15) is 5.54 Å². The molecule has 2 amide bonds. The molecule has 2 heterocycles. The van der Waals surface area contributed by atoms with E-state index in [0.717, 1.165) is 6.42 Å². The van der Waals surface area contributed by atoms with Crippen LogP contribution in [0.3, 0.4) is 0 Å². The van der Waals surface area contributed by atoms with Gasteiger partial charge in [-0.2, -0.15) is 0 Å². The number of rotatable bonds is 3. The van der Waals surface area contributed by atoms with Crippen LogP contribution in [0.15, 0.2) is 0 Å². The lowest BCUT2D eigenvalue weighted by atomic mass is 9.90. The van der Waals surface area contributed by atoms with Crippen LogP contribution in [-0.2, 0) is 9.53 Å². The zero-order valence-corrected chi connectivity index (χ0v) is 12.1. The Morgan fingerprint density at radius 1 is 1.35 bits per heavy atom. The highest BCUT2D eigenvalue weighted by molar-refractivity contribution is 5.86. The first-order chi connectivity index (χ1) is 9.44. The summed E-state index contributed by atoms with van der Waals surface area (Å²) >= 11 is 0. The zero-order valence-electron chi connectivity index (χ0n) is 12.1. The van der Waals surface area contributed by atoms with E-state index in [0.29, 0.717) is 45.2 Å².